The molecule has 38 heavy (non-hydrogen) atoms. The van der Waals surface area contributed by atoms with E-state index in [1.54, 1.807) is 0 Å². The van der Waals surface area contributed by atoms with E-state index in [2.05, 4.69) is 15.6 Å². The van der Waals surface area contributed by atoms with Crippen LogP contribution in [0.2, 0.25) is 5.02 Å². The Hall–Kier alpha value is -4.25. The fraction of sp³-hybridized carbons (Fsp3) is 0.269. The third-order valence-corrected chi connectivity index (χ3v) is 5.81. The van der Waals surface area contributed by atoms with Gasteiger partial charge in [-0.05, 0) is 50.1 Å². The maximum atomic E-state index is 14.3. The number of amides is 2. The lowest BCUT2D eigenvalue weighted by molar-refractivity contribution is -0.124. The van der Waals surface area contributed by atoms with Gasteiger partial charge in [0, 0.05) is 12.6 Å². The van der Waals surface area contributed by atoms with E-state index in [1.165, 1.54) is 43.3 Å². The van der Waals surface area contributed by atoms with Gasteiger partial charge >= 0.3 is 5.97 Å². The number of nitrogens with one attached hydrogen (secondary N) is 2. The molecule has 202 valence electrons. The summed E-state index contributed by atoms with van der Waals surface area (Å²) in [4.78, 5) is 52.0. The molecule has 0 bridgehead atoms. The zero-order chi connectivity index (χ0) is 28.2. The maximum Gasteiger partial charge on any atom is 0.335 e. The van der Waals surface area contributed by atoms with E-state index in [0.29, 0.717) is 25.7 Å². The van der Waals surface area contributed by atoms with Gasteiger partial charge in [0.25, 0.3) is 5.91 Å². The topological polar surface area (TPSA) is 177 Å². The van der Waals surface area contributed by atoms with Crippen LogP contribution in [-0.2, 0) is 14.4 Å². The molecule has 0 saturated heterocycles. The zero-order valence-electron chi connectivity index (χ0n) is 20.7. The zero-order valence-corrected chi connectivity index (χ0v) is 21.4. The number of carboxylic acid groups (broad SMARTS) is 1. The highest BCUT2D eigenvalue weighted by molar-refractivity contribution is 6.31. The fourth-order valence-corrected chi connectivity index (χ4v) is 3.64. The number of carbonyl (C=O) groups is 4. The molecule has 0 saturated carbocycles. The first-order chi connectivity index (χ1) is 18.1. The number of halogens is 2. The monoisotopic (exact) mass is 545 g/mol. The standard InChI is InChI=1S/C26H29ClFN5O5/c1-15(31-21-9-6-7-18(27)23(21)28)17(14-29)24(35)33-22(8-4-2-3-5-12-34)25(36)32-20-11-10-16(26(37)38)13-19(20)30/h6-7,9-14,22H,2-5,8,29-30H2,1H3,(H,32,36)(H,33,35)(H,37,38). The molecular weight excluding hydrogens is 517 g/mol. The third-order valence-electron chi connectivity index (χ3n) is 5.51. The molecule has 2 rings (SSSR count). The van der Waals surface area contributed by atoms with Crippen LogP contribution in [0.5, 0.6) is 0 Å². The van der Waals surface area contributed by atoms with Crippen molar-refractivity contribution in [3.05, 3.63) is 64.6 Å². The smallest absolute Gasteiger partial charge is 0.335 e. The summed E-state index contributed by atoms with van der Waals surface area (Å²) in [5.74, 6) is -3.26. The highest BCUT2D eigenvalue weighted by Crippen LogP contribution is 2.25. The van der Waals surface area contributed by atoms with Crippen LogP contribution in [0.15, 0.2) is 53.2 Å². The Morgan fingerprint density at radius 3 is 2.55 bits per heavy atom. The first-order valence-corrected chi connectivity index (χ1v) is 12.1. The van der Waals surface area contributed by atoms with Crippen molar-refractivity contribution in [2.75, 3.05) is 11.1 Å². The summed E-state index contributed by atoms with van der Waals surface area (Å²) >= 11 is 5.79. The number of carbonyl (C=O) groups excluding carboxylic acids is 3. The molecule has 2 aromatic carbocycles. The summed E-state index contributed by atoms with van der Waals surface area (Å²) in [5.41, 5.74) is 11.6. The number of nitrogens with two attached hydrogens (primary N) is 2. The number of aliphatic imine (C=N–C) groups is 1. The highest BCUT2D eigenvalue weighted by Gasteiger charge is 2.24. The minimum absolute atomic E-state index is 0.0309. The second-order valence-corrected chi connectivity index (χ2v) is 8.68. The Balaban J connectivity index is 2.24. The SMILES string of the molecule is CC(=Nc1cccc(Cl)c1F)C(=CN)C(=O)NC(CCCCCC=O)C(=O)Nc1ccc(C(=O)O)cc1N. The molecule has 0 aliphatic carbocycles. The van der Waals surface area contributed by atoms with Gasteiger partial charge in [-0.25, -0.2) is 14.2 Å². The van der Waals surface area contributed by atoms with E-state index >= 15 is 0 Å². The molecule has 10 nitrogen and oxygen atoms in total. The summed E-state index contributed by atoms with van der Waals surface area (Å²) in [6.45, 7) is 1.46. The number of aromatic carboxylic acids is 1. The summed E-state index contributed by atoms with van der Waals surface area (Å²) in [7, 11) is 0. The quantitative estimate of drug-likeness (QED) is 0.0830. The predicted molar refractivity (Wildman–Crippen MR) is 144 cm³/mol. The van der Waals surface area contributed by atoms with E-state index < -0.39 is 29.6 Å². The van der Waals surface area contributed by atoms with E-state index in [1.807, 2.05) is 0 Å². The summed E-state index contributed by atoms with van der Waals surface area (Å²) in [5, 5.41) is 14.2. The molecule has 0 aliphatic heterocycles. The van der Waals surface area contributed by atoms with Crippen LogP contribution in [0.4, 0.5) is 21.5 Å². The number of nitrogen functional groups attached to an aromatic ring is 1. The van der Waals surface area contributed by atoms with Crippen molar-refractivity contribution in [2.45, 2.75) is 45.1 Å². The summed E-state index contributed by atoms with van der Waals surface area (Å²) in [6, 6.07) is 7.04. The minimum atomic E-state index is -1.18. The fourth-order valence-electron chi connectivity index (χ4n) is 3.47. The largest absolute Gasteiger partial charge is 0.478 e. The van der Waals surface area contributed by atoms with Crippen LogP contribution in [0.1, 0.15) is 49.4 Å². The lowest BCUT2D eigenvalue weighted by Gasteiger charge is -2.20. The molecular formula is C26H29ClFN5O5. The van der Waals surface area contributed by atoms with Crippen molar-refractivity contribution in [3.8, 4) is 0 Å². The van der Waals surface area contributed by atoms with Gasteiger partial charge < -0.3 is 32.0 Å². The molecule has 0 heterocycles. The number of rotatable bonds is 13. The van der Waals surface area contributed by atoms with Crippen molar-refractivity contribution in [3.63, 3.8) is 0 Å². The van der Waals surface area contributed by atoms with E-state index in [-0.39, 0.29) is 45.4 Å². The number of carboxylic acids is 1. The maximum absolute atomic E-state index is 14.3. The average Bonchev–Trinajstić information content (AvgIpc) is 2.87. The van der Waals surface area contributed by atoms with Crippen molar-refractivity contribution >= 4 is 58.4 Å². The molecule has 1 unspecified atom stereocenters. The van der Waals surface area contributed by atoms with Gasteiger partial charge in [-0.1, -0.05) is 30.5 Å². The van der Waals surface area contributed by atoms with Crippen molar-refractivity contribution in [1.29, 1.82) is 0 Å². The van der Waals surface area contributed by atoms with Gasteiger partial charge in [0.2, 0.25) is 5.91 Å². The molecule has 0 aliphatic rings. The van der Waals surface area contributed by atoms with E-state index in [4.69, 9.17) is 28.2 Å². The second-order valence-electron chi connectivity index (χ2n) is 8.28. The first kappa shape index (κ1) is 30.0. The van der Waals surface area contributed by atoms with Crippen LogP contribution in [-0.4, -0.2) is 40.9 Å². The number of hydrogen-bond donors (Lipinski definition) is 5. The van der Waals surface area contributed by atoms with Gasteiger partial charge in [-0.2, -0.15) is 0 Å². The average molecular weight is 546 g/mol. The molecule has 0 radical (unpaired) electrons. The molecule has 2 aromatic rings. The highest BCUT2D eigenvalue weighted by atomic mass is 35.5. The second kappa shape index (κ2) is 14.5. The molecule has 12 heteroatoms. The van der Waals surface area contributed by atoms with Crippen molar-refractivity contribution < 1.29 is 28.7 Å². The van der Waals surface area contributed by atoms with Gasteiger partial charge in [0.15, 0.2) is 5.82 Å². The molecule has 0 aromatic heterocycles. The summed E-state index contributed by atoms with van der Waals surface area (Å²) in [6.07, 6.45) is 4.19. The van der Waals surface area contributed by atoms with Crippen LogP contribution in [0, 0.1) is 5.82 Å². The number of unbranched alkanes of at least 4 members (excludes halogenated alkanes) is 3. The Labute approximate surface area is 223 Å². The van der Waals surface area contributed by atoms with Crippen molar-refractivity contribution in [1.82, 2.24) is 5.32 Å². The Bertz CT molecular complexity index is 1260. The van der Waals surface area contributed by atoms with Gasteiger partial charge in [0.05, 0.1) is 33.2 Å². The van der Waals surface area contributed by atoms with Gasteiger partial charge in [0.1, 0.15) is 18.0 Å². The molecule has 7 N–H and O–H groups in total. The van der Waals surface area contributed by atoms with E-state index in [9.17, 15) is 23.6 Å². The number of hydrogen-bond acceptors (Lipinski definition) is 7. The number of benzene rings is 2. The predicted octanol–water partition coefficient (Wildman–Crippen LogP) is 3.97. The van der Waals surface area contributed by atoms with Gasteiger partial charge in [-0.15, -0.1) is 0 Å². The Morgan fingerprint density at radius 2 is 1.92 bits per heavy atom. The first-order valence-electron chi connectivity index (χ1n) is 11.7. The third kappa shape index (κ3) is 8.41. The Morgan fingerprint density at radius 1 is 1.18 bits per heavy atom. The number of nitrogens with zero attached hydrogens (tertiary/aromatic N) is 1. The molecule has 0 spiro atoms. The Kier molecular flexibility index (Phi) is 11.4. The van der Waals surface area contributed by atoms with Crippen LogP contribution in [0.3, 0.4) is 0 Å². The lowest BCUT2D eigenvalue weighted by atomic mass is 10.0. The van der Waals surface area contributed by atoms with Crippen molar-refractivity contribution in [2.24, 2.45) is 10.7 Å². The molecule has 0 fully saturated rings. The summed E-state index contributed by atoms with van der Waals surface area (Å²) < 4.78 is 14.3. The number of anilines is 2. The molecule has 1 atom stereocenters. The van der Waals surface area contributed by atoms with Gasteiger partial charge in [-0.3, -0.25) is 9.59 Å². The van der Waals surface area contributed by atoms with E-state index in [0.717, 1.165) is 12.5 Å². The van der Waals surface area contributed by atoms with Crippen LogP contribution >= 0.6 is 11.6 Å². The number of aldehydes is 1. The van der Waals surface area contributed by atoms with Crippen LogP contribution in [0.25, 0.3) is 0 Å². The normalized spacial score (nSPS) is 12.5. The minimum Gasteiger partial charge on any atom is -0.478 e. The van der Waals surface area contributed by atoms with Crippen LogP contribution < -0.4 is 22.1 Å². The molecule has 2 amide bonds. The lowest BCUT2D eigenvalue weighted by Crippen LogP contribution is -2.45.